The fourth-order valence-electron chi connectivity index (χ4n) is 2.56. The van der Waals surface area contributed by atoms with Gasteiger partial charge in [-0.2, -0.15) is 0 Å². The van der Waals surface area contributed by atoms with Crippen molar-refractivity contribution in [2.75, 3.05) is 13.2 Å². The van der Waals surface area contributed by atoms with E-state index in [1.165, 1.54) is 6.07 Å². The molecule has 5 heteroatoms. The van der Waals surface area contributed by atoms with Crippen molar-refractivity contribution in [2.45, 2.75) is 25.8 Å². The summed E-state index contributed by atoms with van der Waals surface area (Å²) in [5, 5.41) is 14.1. The Balaban J connectivity index is 2.16. The van der Waals surface area contributed by atoms with Crippen LogP contribution in [-0.2, 0) is 6.42 Å². The zero-order chi connectivity index (χ0) is 13.8. The van der Waals surface area contributed by atoms with Gasteiger partial charge in [0.05, 0.1) is 12.6 Å². The monoisotopic (exact) mass is 266 g/mol. The van der Waals surface area contributed by atoms with Gasteiger partial charge in [0, 0.05) is 6.54 Å². The van der Waals surface area contributed by atoms with E-state index in [0.717, 1.165) is 12.0 Å². The maximum Gasteiger partial charge on any atom is 0.315 e. The lowest BCUT2D eigenvalue weighted by atomic mass is 9.80. The van der Waals surface area contributed by atoms with E-state index in [0.29, 0.717) is 12.0 Å². The van der Waals surface area contributed by atoms with E-state index in [-0.39, 0.29) is 37.0 Å². The molecule has 0 saturated heterocycles. The Morgan fingerprint density at radius 3 is 3.05 bits per heavy atom. The Kier molecular flexibility index (Phi) is 4.37. The van der Waals surface area contributed by atoms with Gasteiger partial charge in [0.1, 0.15) is 5.82 Å². The van der Waals surface area contributed by atoms with Crippen LogP contribution in [0.4, 0.5) is 9.18 Å². The SMILES string of the molecule is CC1CCc2c(F)cccc2C1NC(=O)NCCO. The van der Waals surface area contributed by atoms with Crippen LogP contribution < -0.4 is 10.6 Å². The van der Waals surface area contributed by atoms with Gasteiger partial charge in [-0.05, 0) is 36.0 Å². The first kappa shape index (κ1) is 13.8. The molecule has 2 rings (SSSR count). The van der Waals surface area contributed by atoms with Gasteiger partial charge in [0.25, 0.3) is 0 Å². The Bertz CT molecular complexity index is 465. The molecular weight excluding hydrogens is 247 g/mol. The third kappa shape index (κ3) is 3.04. The molecular formula is C14H19FN2O2. The third-order valence-electron chi connectivity index (χ3n) is 3.59. The molecule has 3 N–H and O–H groups in total. The third-order valence-corrected chi connectivity index (χ3v) is 3.59. The van der Waals surface area contributed by atoms with Crippen LogP contribution in [0.2, 0.25) is 0 Å². The van der Waals surface area contributed by atoms with Gasteiger partial charge in [0.15, 0.2) is 0 Å². The maximum atomic E-state index is 13.8. The second kappa shape index (κ2) is 6.02. The minimum Gasteiger partial charge on any atom is -0.395 e. The van der Waals surface area contributed by atoms with E-state index in [1.54, 1.807) is 6.07 Å². The van der Waals surface area contributed by atoms with Gasteiger partial charge in [-0.15, -0.1) is 0 Å². The minimum absolute atomic E-state index is 0.0984. The Hall–Kier alpha value is -1.62. The first-order chi connectivity index (χ1) is 9.13. The van der Waals surface area contributed by atoms with Crippen molar-refractivity contribution in [1.29, 1.82) is 0 Å². The highest BCUT2D eigenvalue weighted by molar-refractivity contribution is 5.74. The van der Waals surface area contributed by atoms with Gasteiger partial charge < -0.3 is 15.7 Å². The molecule has 4 nitrogen and oxygen atoms in total. The average molecular weight is 266 g/mol. The van der Waals surface area contributed by atoms with E-state index in [9.17, 15) is 9.18 Å². The Morgan fingerprint density at radius 1 is 1.53 bits per heavy atom. The number of aliphatic hydroxyl groups is 1. The summed E-state index contributed by atoms with van der Waals surface area (Å²) in [4.78, 5) is 11.7. The van der Waals surface area contributed by atoms with Gasteiger partial charge in [-0.3, -0.25) is 0 Å². The maximum absolute atomic E-state index is 13.8. The van der Waals surface area contributed by atoms with Crippen molar-refractivity contribution >= 4 is 6.03 Å². The molecule has 0 spiro atoms. The number of urea groups is 1. The van der Waals surface area contributed by atoms with Gasteiger partial charge in [-0.25, -0.2) is 9.18 Å². The van der Waals surface area contributed by atoms with Crippen LogP contribution in [-0.4, -0.2) is 24.3 Å². The van der Waals surface area contributed by atoms with Crippen molar-refractivity contribution in [1.82, 2.24) is 10.6 Å². The van der Waals surface area contributed by atoms with Gasteiger partial charge in [0.2, 0.25) is 0 Å². The smallest absolute Gasteiger partial charge is 0.315 e. The molecule has 2 unspecified atom stereocenters. The first-order valence-electron chi connectivity index (χ1n) is 6.56. The number of aliphatic hydroxyl groups excluding tert-OH is 1. The van der Waals surface area contributed by atoms with Crippen molar-refractivity contribution in [3.05, 3.63) is 35.1 Å². The van der Waals surface area contributed by atoms with Crippen LogP contribution in [0.15, 0.2) is 18.2 Å². The van der Waals surface area contributed by atoms with E-state index in [1.807, 2.05) is 13.0 Å². The van der Waals surface area contributed by atoms with Crippen LogP contribution in [0.3, 0.4) is 0 Å². The number of rotatable bonds is 3. The quantitative estimate of drug-likeness (QED) is 0.780. The summed E-state index contributed by atoms with van der Waals surface area (Å²) >= 11 is 0. The van der Waals surface area contributed by atoms with Crippen molar-refractivity contribution < 1.29 is 14.3 Å². The normalized spacial score (nSPS) is 21.6. The van der Waals surface area contributed by atoms with Gasteiger partial charge >= 0.3 is 6.03 Å². The summed E-state index contributed by atoms with van der Waals surface area (Å²) in [6.07, 6.45) is 1.55. The highest BCUT2D eigenvalue weighted by atomic mass is 19.1. The number of fused-ring (bicyclic) bond motifs is 1. The minimum atomic E-state index is -0.331. The van der Waals surface area contributed by atoms with E-state index in [2.05, 4.69) is 10.6 Å². The van der Waals surface area contributed by atoms with Crippen LogP contribution in [0.1, 0.15) is 30.5 Å². The molecule has 1 aliphatic rings. The molecule has 0 heterocycles. The van der Waals surface area contributed by atoms with E-state index >= 15 is 0 Å². The Labute approximate surface area is 112 Å². The number of hydrogen-bond donors (Lipinski definition) is 3. The predicted octanol–water partition coefficient (Wildman–Crippen LogP) is 1.74. The van der Waals surface area contributed by atoms with E-state index in [4.69, 9.17) is 5.11 Å². The molecule has 2 amide bonds. The van der Waals surface area contributed by atoms with Crippen molar-refractivity contribution in [2.24, 2.45) is 5.92 Å². The first-order valence-corrected chi connectivity index (χ1v) is 6.56. The number of amides is 2. The molecule has 0 bridgehead atoms. The molecule has 0 aromatic heterocycles. The van der Waals surface area contributed by atoms with Crippen LogP contribution in [0.5, 0.6) is 0 Å². The average Bonchev–Trinajstić information content (AvgIpc) is 2.40. The molecule has 0 fully saturated rings. The standard InChI is InChI=1S/C14H19FN2O2/c1-9-5-6-10-11(3-2-4-12(10)15)13(9)17-14(19)16-7-8-18/h2-4,9,13,18H,5-8H2,1H3,(H2,16,17,19). The number of carbonyl (C=O) groups is 1. The molecule has 1 aliphatic carbocycles. The number of benzene rings is 1. The fraction of sp³-hybridized carbons (Fsp3) is 0.500. The summed E-state index contributed by atoms with van der Waals surface area (Å²) in [6.45, 7) is 2.16. The summed E-state index contributed by atoms with van der Waals surface area (Å²) in [7, 11) is 0. The topological polar surface area (TPSA) is 61.4 Å². The van der Waals surface area contributed by atoms with Crippen molar-refractivity contribution in [3.63, 3.8) is 0 Å². The molecule has 1 aromatic rings. The molecule has 104 valence electrons. The zero-order valence-corrected chi connectivity index (χ0v) is 10.9. The lowest BCUT2D eigenvalue weighted by Crippen LogP contribution is -2.42. The molecule has 1 aromatic carbocycles. The number of hydrogen-bond acceptors (Lipinski definition) is 2. The van der Waals surface area contributed by atoms with Crippen LogP contribution >= 0.6 is 0 Å². The molecule has 19 heavy (non-hydrogen) atoms. The highest BCUT2D eigenvalue weighted by Gasteiger charge is 2.29. The molecule has 0 aliphatic heterocycles. The second-order valence-electron chi connectivity index (χ2n) is 4.93. The van der Waals surface area contributed by atoms with Crippen LogP contribution in [0, 0.1) is 11.7 Å². The number of nitrogens with one attached hydrogen (secondary N) is 2. The fourth-order valence-corrected chi connectivity index (χ4v) is 2.56. The summed E-state index contributed by atoms with van der Waals surface area (Å²) in [5.74, 6) is 0.0566. The zero-order valence-electron chi connectivity index (χ0n) is 10.9. The largest absolute Gasteiger partial charge is 0.395 e. The second-order valence-corrected chi connectivity index (χ2v) is 4.93. The highest BCUT2D eigenvalue weighted by Crippen LogP contribution is 2.35. The van der Waals surface area contributed by atoms with E-state index < -0.39 is 0 Å². The Morgan fingerprint density at radius 2 is 2.32 bits per heavy atom. The number of carbonyl (C=O) groups excluding carboxylic acids is 1. The lowest BCUT2D eigenvalue weighted by Gasteiger charge is -2.32. The van der Waals surface area contributed by atoms with Crippen molar-refractivity contribution in [3.8, 4) is 0 Å². The number of halogens is 1. The predicted molar refractivity (Wildman–Crippen MR) is 70.2 cm³/mol. The molecule has 0 radical (unpaired) electrons. The summed E-state index contributed by atoms with van der Waals surface area (Å²) in [5.41, 5.74) is 1.56. The summed E-state index contributed by atoms with van der Waals surface area (Å²) in [6, 6.07) is 4.48. The summed E-state index contributed by atoms with van der Waals surface area (Å²) < 4.78 is 13.8. The molecule has 0 saturated carbocycles. The lowest BCUT2D eigenvalue weighted by molar-refractivity contribution is 0.223. The van der Waals surface area contributed by atoms with Gasteiger partial charge in [-0.1, -0.05) is 19.1 Å². The van der Waals surface area contributed by atoms with Crippen LogP contribution in [0.25, 0.3) is 0 Å². The molecule has 2 atom stereocenters.